The van der Waals surface area contributed by atoms with Gasteiger partial charge in [0.1, 0.15) is 0 Å². The molecule has 1 aromatic rings. The number of rotatable bonds is 2. The summed E-state index contributed by atoms with van der Waals surface area (Å²) in [6.45, 7) is 10.6. The Morgan fingerprint density at radius 1 is 1.33 bits per heavy atom. The second kappa shape index (κ2) is 7.34. The molecule has 0 bridgehead atoms. The molecule has 6 heteroatoms. The lowest BCUT2D eigenvalue weighted by Crippen LogP contribution is -2.42. The molecule has 1 aromatic carbocycles. The summed E-state index contributed by atoms with van der Waals surface area (Å²) in [5.74, 6) is -0.194. The van der Waals surface area contributed by atoms with Crippen molar-refractivity contribution in [1.29, 1.82) is 0 Å². The van der Waals surface area contributed by atoms with Crippen molar-refractivity contribution >= 4 is 29.3 Å². The molecule has 1 saturated heterocycles. The van der Waals surface area contributed by atoms with Gasteiger partial charge in [0.2, 0.25) is 0 Å². The highest BCUT2D eigenvalue weighted by atomic mass is 35.5. The van der Waals surface area contributed by atoms with Gasteiger partial charge in [0.15, 0.2) is 0 Å². The topological polar surface area (TPSA) is 49.8 Å². The number of hydrogen-bond donors (Lipinski definition) is 1. The van der Waals surface area contributed by atoms with Crippen molar-refractivity contribution in [2.45, 2.75) is 38.9 Å². The van der Waals surface area contributed by atoms with Gasteiger partial charge in [-0.2, -0.15) is 0 Å². The molecule has 1 amide bonds. The zero-order valence-corrected chi connectivity index (χ0v) is 15.6. The van der Waals surface area contributed by atoms with Gasteiger partial charge in [-0.15, -0.1) is 6.58 Å². The molecule has 0 radical (unpaired) electrons. The number of carbonyl (C=O) groups is 1. The smallest absolute Gasteiger partial charge is 0.407 e. The molecule has 2 rings (SSSR count). The third-order valence-corrected chi connectivity index (χ3v) is 5.10. The number of halogens is 2. The van der Waals surface area contributed by atoms with E-state index in [1.165, 1.54) is 4.90 Å². The fourth-order valence-corrected chi connectivity index (χ4v) is 3.14. The van der Waals surface area contributed by atoms with E-state index in [4.69, 9.17) is 27.9 Å². The molecular formula is C18H23Cl2NO3. The maximum absolute atomic E-state index is 11.7. The predicted octanol–water partition coefficient (Wildman–Crippen LogP) is 5.06. The van der Waals surface area contributed by atoms with Crippen LogP contribution in [-0.2, 0) is 4.74 Å². The normalized spacial score (nSPS) is 25.2. The van der Waals surface area contributed by atoms with Crippen molar-refractivity contribution in [2.75, 3.05) is 13.1 Å². The van der Waals surface area contributed by atoms with Gasteiger partial charge in [-0.05, 0) is 23.1 Å². The van der Waals surface area contributed by atoms with Crippen LogP contribution in [0.4, 0.5) is 4.79 Å². The SMILES string of the molecule is C=C[C@@H]1OC(C(C)(C)C)CN(C(=O)O)C[C@@H]1c1ccc(Cl)c(Cl)c1. The van der Waals surface area contributed by atoms with E-state index in [1.54, 1.807) is 18.2 Å². The summed E-state index contributed by atoms with van der Waals surface area (Å²) < 4.78 is 6.24. The third-order valence-electron chi connectivity index (χ3n) is 4.36. The van der Waals surface area contributed by atoms with Gasteiger partial charge in [-0.25, -0.2) is 4.79 Å². The first-order chi connectivity index (χ1) is 11.1. The van der Waals surface area contributed by atoms with Gasteiger partial charge in [-0.3, -0.25) is 0 Å². The first kappa shape index (κ1) is 19.1. The molecular weight excluding hydrogens is 349 g/mol. The van der Waals surface area contributed by atoms with E-state index in [9.17, 15) is 9.90 Å². The van der Waals surface area contributed by atoms with E-state index in [1.807, 2.05) is 26.8 Å². The fourth-order valence-electron chi connectivity index (χ4n) is 2.84. The Balaban J connectivity index is 2.42. The molecule has 1 heterocycles. The Morgan fingerprint density at radius 2 is 2.00 bits per heavy atom. The first-order valence-corrected chi connectivity index (χ1v) is 8.60. The number of ether oxygens (including phenoxy) is 1. The van der Waals surface area contributed by atoms with E-state index in [0.29, 0.717) is 23.1 Å². The van der Waals surface area contributed by atoms with Crippen molar-refractivity contribution in [3.8, 4) is 0 Å². The van der Waals surface area contributed by atoms with Gasteiger partial charge < -0.3 is 14.7 Å². The summed E-state index contributed by atoms with van der Waals surface area (Å²) in [5, 5.41) is 10.5. The summed E-state index contributed by atoms with van der Waals surface area (Å²) in [7, 11) is 0. The fraction of sp³-hybridized carbons (Fsp3) is 0.500. The summed E-state index contributed by atoms with van der Waals surface area (Å²) in [6.07, 6.45) is 0.236. The Morgan fingerprint density at radius 3 is 2.50 bits per heavy atom. The zero-order valence-electron chi connectivity index (χ0n) is 14.1. The number of benzene rings is 1. The van der Waals surface area contributed by atoms with Crippen LogP contribution in [0.2, 0.25) is 10.0 Å². The average Bonchev–Trinajstić information content (AvgIpc) is 2.69. The maximum Gasteiger partial charge on any atom is 0.407 e. The van der Waals surface area contributed by atoms with Crippen LogP contribution in [0.1, 0.15) is 32.3 Å². The highest BCUT2D eigenvalue weighted by Crippen LogP contribution is 2.35. The van der Waals surface area contributed by atoms with E-state index < -0.39 is 6.09 Å². The second-order valence-corrected chi connectivity index (χ2v) is 7.97. The molecule has 1 fully saturated rings. The highest BCUT2D eigenvalue weighted by molar-refractivity contribution is 6.42. The van der Waals surface area contributed by atoms with E-state index in [0.717, 1.165) is 5.56 Å². The van der Waals surface area contributed by atoms with Gasteiger partial charge in [0.25, 0.3) is 0 Å². The third kappa shape index (κ3) is 4.24. The Bertz CT molecular complexity index is 627. The molecule has 1 N–H and O–H groups in total. The molecule has 0 aromatic heterocycles. The van der Waals surface area contributed by atoms with Crippen LogP contribution >= 0.6 is 23.2 Å². The highest BCUT2D eigenvalue weighted by Gasteiger charge is 2.38. The minimum Gasteiger partial charge on any atom is -0.465 e. The molecule has 1 unspecified atom stereocenters. The standard InChI is InChI=1S/C18H23Cl2NO3/c1-5-15-12(11-6-7-13(19)14(20)8-11)9-21(17(22)23)10-16(24-15)18(2,3)4/h5-8,12,15-16H,1,9-10H2,2-4H3,(H,22,23)/t12-,15+,16?/m1/s1. The Kier molecular flexibility index (Phi) is 5.84. The van der Waals surface area contributed by atoms with E-state index in [-0.39, 0.29) is 23.5 Å². The molecule has 0 aliphatic carbocycles. The van der Waals surface area contributed by atoms with Crippen molar-refractivity contribution in [1.82, 2.24) is 4.90 Å². The number of carboxylic acid groups (broad SMARTS) is 1. The van der Waals surface area contributed by atoms with Gasteiger partial charge in [0.05, 0.1) is 28.8 Å². The van der Waals surface area contributed by atoms with E-state index in [2.05, 4.69) is 6.58 Å². The van der Waals surface area contributed by atoms with Crippen LogP contribution in [0.25, 0.3) is 0 Å². The molecule has 132 valence electrons. The van der Waals surface area contributed by atoms with E-state index >= 15 is 0 Å². The largest absolute Gasteiger partial charge is 0.465 e. The summed E-state index contributed by atoms with van der Waals surface area (Å²) >= 11 is 12.1. The van der Waals surface area contributed by atoms with Crippen molar-refractivity contribution in [3.05, 3.63) is 46.5 Å². The molecule has 0 spiro atoms. The minimum absolute atomic E-state index is 0.193. The first-order valence-electron chi connectivity index (χ1n) is 7.84. The lowest BCUT2D eigenvalue weighted by Gasteiger charge is -2.33. The predicted molar refractivity (Wildman–Crippen MR) is 97.1 cm³/mol. The number of amides is 1. The number of nitrogens with zero attached hydrogens (tertiary/aromatic N) is 1. The van der Waals surface area contributed by atoms with Gasteiger partial charge in [0, 0.05) is 12.5 Å². The van der Waals surface area contributed by atoms with Gasteiger partial charge in [-0.1, -0.05) is 56.1 Å². The Labute approximate surface area is 153 Å². The molecule has 24 heavy (non-hydrogen) atoms. The van der Waals surface area contributed by atoms with Crippen molar-refractivity contribution in [3.63, 3.8) is 0 Å². The summed E-state index contributed by atoms with van der Waals surface area (Å²) in [4.78, 5) is 13.1. The molecule has 1 aliphatic heterocycles. The summed E-state index contributed by atoms with van der Waals surface area (Å²) in [5.41, 5.74) is 0.691. The second-order valence-electron chi connectivity index (χ2n) is 7.16. The molecule has 4 nitrogen and oxygen atoms in total. The van der Waals surface area contributed by atoms with Crippen LogP contribution in [0.5, 0.6) is 0 Å². The van der Waals surface area contributed by atoms with Crippen LogP contribution in [0.15, 0.2) is 30.9 Å². The van der Waals surface area contributed by atoms with Crippen molar-refractivity contribution in [2.24, 2.45) is 5.41 Å². The molecule has 3 atom stereocenters. The molecule has 0 saturated carbocycles. The monoisotopic (exact) mass is 371 g/mol. The Hall–Kier alpha value is -1.23. The average molecular weight is 372 g/mol. The zero-order chi connectivity index (χ0) is 18.1. The lowest BCUT2D eigenvalue weighted by molar-refractivity contribution is -0.0473. The maximum atomic E-state index is 11.7. The molecule has 1 aliphatic rings. The van der Waals surface area contributed by atoms with Crippen LogP contribution in [-0.4, -0.2) is 41.4 Å². The number of hydrogen-bond acceptors (Lipinski definition) is 2. The lowest BCUT2D eigenvalue weighted by atomic mass is 9.88. The quantitative estimate of drug-likeness (QED) is 0.739. The van der Waals surface area contributed by atoms with Crippen LogP contribution in [0.3, 0.4) is 0 Å². The summed E-state index contributed by atoms with van der Waals surface area (Å²) in [6, 6.07) is 5.35. The van der Waals surface area contributed by atoms with Crippen molar-refractivity contribution < 1.29 is 14.6 Å². The van der Waals surface area contributed by atoms with Crippen LogP contribution in [0, 0.1) is 5.41 Å². The van der Waals surface area contributed by atoms with Gasteiger partial charge >= 0.3 is 6.09 Å². The van der Waals surface area contributed by atoms with Crippen LogP contribution < -0.4 is 0 Å². The minimum atomic E-state index is -0.956.